The van der Waals surface area contributed by atoms with Gasteiger partial charge in [-0.1, -0.05) is 23.8 Å². The standard InChI is InChI=1S/C35H39N5O8S/c1-22-4-17-31(47-3)30(20-22)33(42)36-19-18-24-5-15-29(16-6-24)49(45,46)39-35(44)37-26-9-13-28(14-10-26)48-34(43)25-7-11-27(12-8-25)40-32(41)21-23(2)38-40/h4-8,11-12,15-17,20,26,28H,9-10,13-14,18-19,21H2,1-3H3,(H,36,42)(H2,37,39,44). The van der Waals surface area contributed by atoms with E-state index in [1.807, 2.05) is 13.0 Å². The number of nitrogens with one attached hydrogen (secondary N) is 3. The van der Waals surface area contributed by atoms with Crippen molar-refractivity contribution in [3.63, 3.8) is 0 Å². The van der Waals surface area contributed by atoms with Crippen molar-refractivity contribution in [2.75, 3.05) is 18.7 Å². The quantitative estimate of drug-likeness (QED) is 0.251. The summed E-state index contributed by atoms with van der Waals surface area (Å²) in [4.78, 5) is 49.9. The third-order valence-electron chi connectivity index (χ3n) is 8.30. The lowest BCUT2D eigenvalue weighted by Gasteiger charge is -2.29. The molecular weight excluding hydrogens is 650 g/mol. The predicted octanol–water partition coefficient (Wildman–Crippen LogP) is 4.24. The lowest BCUT2D eigenvalue weighted by atomic mass is 9.93. The van der Waals surface area contributed by atoms with Gasteiger partial charge in [0.25, 0.3) is 21.8 Å². The van der Waals surface area contributed by atoms with E-state index in [2.05, 4.69) is 20.5 Å². The minimum atomic E-state index is -4.12. The maximum atomic E-state index is 12.9. The van der Waals surface area contributed by atoms with Crippen molar-refractivity contribution in [3.05, 3.63) is 89.0 Å². The van der Waals surface area contributed by atoms with Crippen LogP contribution in [-0.2, 0) is 26.0 Å². The number of hydrogen-bond donors (Lipinski definition) is 3. The van der Waals surface area contributed by atoms with E-state index in [-0.39, 0.29) is 35.3 Å². The summed E-state index contributed by atoms with van der Waals surface area (Å²) in [7, 11) is -2.62. The van der Waals surface area contributed by atoms with E-state index < -0.39 is 22.0 Å². The average Bonchev–Trinajstić information content (AvgIpc) is 3.42. The smallest absolute Gasteiger partial charge is 0.338 e. The number of ether oxygens (including phenoxy) is 2. The van der Waals surface area contributed by atoms with E-state index in [1.165, 1.54) is 24.3 Å². The van der Waals surface area contributed by atoms with E-state index >= 15 is 0 Å². The maximum Gasteiger partial charge on any atom is 0.338 e. The fourth-order valence-electron chi connectivity index (χ4n) is 5.69. The highest BCUT2D eigenvalue weighted by Gasteiger charge is 2.28. The highest BCUT2D eigenvalue weighted by Crippen LogP contribution is 2.25. The minimum absolute atomic E-state index is 0.0709. The SMILES string of the molecule is COc1ccc(C)cc1C(=O)NCCc1ccc(S(=O)(=O)NC(=O)NC2CCC(OC(=O)c3ccc(N4N=C(C)CC4=O)cc3)CC2)cc1. The Morgan fingerprint density at radius 2 is 1.63 bits per heavy atom. The Balaban J connectivity index is 1.03. The van der Waals surface area contributed by atoms with Crippen molar-refractivity contribution in [1.82, 2.24) is 15.4 Å². The highest BCUT2D eigenvalue weighted by molar-refractivity contribution is 7.90. The molecule has 4 amide bonds. The van der Waals surface area contributed by atoms with Gasteiger partial charge in [0.15, 0.2) is 0 Å². The van der Waals surface area contributed by atoms with E-state index in [4.69, 9.17) is 9.47 Å². The van der Waals surface area contributed by atoms with Crippen LogP contribution >= 0.6 is 0 Å². The number of nitrogens with zero attached hydrogens (tertiary/aromatic N) is 2. The second-order valence-electron chi connectivity index (χ2n) is 12.1. The zero-order chi connectivity index (χ0) is 35.1. The monoisotopic (exact) mass is 689 g/mol. The summed E-state index contributed by atoms with van der Waals surface area (Å²) in [6.07, 6.45) is 2.39. The van der Waals surface area contributed by atoms with Crippen LogP contribution in [0.5, 0.6) is 5.75 Å². The Hall–Kier alpha value is -5.24. The van der Waals surface area contributed by atoms with Crippen LogP contribution in [0.4, 0.5) is 10.5 Å². The molecule has 3 N–H and O–H groups in total. The topological polar surface area (TPSA) is 173 Å². The molecule has 0 aromatic heterocycles. The number of sulfonamides is 1. The number of urea groups is 1. The van der Waals surface area contributed by atoms with Gasteiger partial charge >= 0.3 is 12.0 Å². The summed E-state index contributed by atoms with van der Waals surface area (Å²) in [6, 6.07) is 16.8. The summed E-state index contributed by atoms with van der Waals surface area (Å²) in [6.45, 7) is 3.99. The lowest BCUT2D eigenvalue weighted by molar-refractivity contribution is -0.116. The van der Waals surface area contributed by atoms with Crippen molar-refractivity contribution in [2.45, 2.75) is 69.4 Å². The Bertz CT molecular complexity index is 1850. The Morgan fingerprint density at radius 1 is 0.939 bits per heavy atom. The Kier molecular flexibility index (Phi) is 11.0. The molecule has 258 valence electrons. The van der Waals surface area contributed by atoms with Gasteiger partial charge < -0.3 is 20.1 Å². The van der Waals surface area contributed by atoms with Crippen molar-refractivity contribution >= 4 is 45.2 Å². The molecule has 0 saturated heterocycles. The molecule has 1 heterocycles. The van der Waals surface area contributed by atoms with Crippen LogP contribution in [0.2, 0.25) is 0 Å². The number of hydrogen-bond acceptors (Lipinski definition) is 9. The molecule has 3 aromatic rings. The molecule has 13 nitrogen and oxygen atoms in total. The number of benzene rings is 3. The summed E-state index contributed by atoms with van der Waals surface area (Å²) < 4.78 is 38.7. The molecule has 2 aliphatic rings. The number of hydrazone groups is 1. The zero-order valence-corrected chi connectivity index (χ0v) is 28.3. The highest BCUT2D eigenvalue weighted by atomic mass is 32.2. The molecule has 1 saturated carbocycles. The van der Waals surface area contributed by atoms with E-state index in [9.17, 15) is 27.6 Å². The van der Waals surface area contributed by atoms with Gasteiger partial charge in [-0.15, -0.1) is 0 Å². The molecule has 14 heteroatoms. The molecule has 0 bridgehead atoms. The van der Waals surface area contributed by atoms with Gasteiger partial charge in [0.2, 0.25) is 0 Å². The molecule has 0 radical (unpaired) electrons. The molecule has 0 spiro atoms. The Labute approximate surface area is 285 Å². The maximum absolute atomic E-state index is 12.9. The number of methoxy groups -OCH3 is 1. The van der Waals surface area contributed by atoms with Gasteiger partial charge in [0.05, 0.1) is 35.2 Å². The molecule has 3 aromatic carbocycles. The largest absolute Gasteiger partial charge is 0.496 e. The average molecular weight is 690 g/mol. The van der Waals surface area contributed by atoms with Gasteiger partial charge in [-0.25, -0.2) is 27.7 Å². The first-order chi connectivity index (χ1) is 23.4. The zero-order valence-electron chi connectivity index (χ0n) is 27.5. The van der Waals surface area contributed by atoms with Gasteiger partial charge in [-0.3, -0.25) is 9.59 Å². The van der Waals surface area contributed by atoms with Gasteiger partial charge in [0, 0.05) is 18.3 Å². The number of anilines is 1. The van der Waals surface area contributed by atoms with Gasteiger partial charge in [0.1, 0.15) is 11.9 Å². The summed E-state index contributed by atoms with van der Waals surface area (Å²) in [5, 5.41) is 11.1. The second-order valence-corrected chi connectivity index (χ2v) is 13.8. The van der Waals surface area contributed by atoms with Crippen LogP contribution < -0.4 is 25.1 Å². The summed E-state index contributed by atoms with van der Waals surface area (Å²) >= 11 is 0. The van der Waals surface area contributed by atoms with E-state index in [0.717, 1.165) is 16.8 Å². The molecule has 5 rings (SSSR count). The number of rotatable bonds is 11. The van der Waals surface area contributed by atoms with Crippen LogP contribution in [0.15, 0.2) is 76.7 Å². The van der Waals surface area contributed by atoms with E-state index in [0.29, 0.717) is 61.2 Å². The normalized spacial score (nSPS) is 17.6. The first kappa shape index (κ1) is 35.1. The fraction of sp³-hybridized carbons (Fsp3) is 0.343. The van der Waals surface area contributed by atoms with Crippen molar-refractivity contribution in [3.8, 4) is 5.75 Å². The predicted molar refractivity (Wildman–Crippen MR) is 182 cm³/mol. The van der Waals surface area contributed by atoms with Crippen LogP contribution in [0.3, 0.4) is 0 Å². The van der Waals surface area contributed by atoms with Gasteiger partial charge in [-0.05, 0) is 100 Å². The molecule has 49 heavy (non-hydrogen) atoms. The molecule has 0 atom stereocenters. The molecule has 1 aliphatic carbocycles. The van der Waals surface area contributed by atoms with E-state index in [1.54, 1.807) is 55.5 Å². The number of aryl methyl sites for hydroxylation is 1. The molecule has 1 fully saturated rings. The van der Waals surface area contributed by atoms with Crippen LogP contribution in [0, 0.1) is 6.92 Å². The molecule has 1 aliphatic heterocycles. The number of carbonyl (C=O) groups excluding carboxylic acids is 4. The van der Waals surface area contributed by atoms with Crippen LogP contribution in [-0.4, -0.2) is 63.7 Å². The lowest BCUT2D eigenvalue weighted by Crippen LogP contribution is -2.46. The fourth-order valence-corrected chi connectivity index (χ4v) is 6.60. The number of esters is 1. The third kappa shape index (κ3) is 9.02. The van der Waals surface area contributed by atoms with Crippen molar-refractivity contribution in [2.24, 2.45) is 5.10 Å². The first-order valence-corrected chi connectivity index (χ1v) is 17.4. The van der Waals surface area contributed by atoms with Gasteiger partial charge in [-0.2, -0.15) is 5.10 Å². The third-order valence-corrected chi connectivity index (χ3v) is 9.65. The summed E-state index contributed by atoms with van der Waals surface area (Å²) in [5.74, 6) is -0.408. The number of carbonyl (C=O) groups is 4. The minimum Gasteiger partial charge on any atom is -0.496 e. The van der Waals surface area contributed by atoms with Crippen LogP contribution in [0.25, 0.3) is 0 Å². The Morgan fingerprint density at radius 3 is 2.27 bits per heavy atom. The van der Waals surface area contributed by atoms with Crippen LogP contribution in [0.1, 0.15) is 70.9 Å². The molecular formula is C35H39N5O8S. The first-order valence-electron chi connectivity index (χ1n) is 15.9. The van der Waals surface area contributed by atoms with Crippen molar-refractivity contribution < 1.29 is 37.1 Å². The summed E-state index contributed by atoms with van der Waals surface area (Å²) in [5.41, 5.74) is 3.81. The molecule has 0 unspecified atom stereocenters. The second kappa shape index (κ2) is 15.3. The number of amides is 4. The van der Waals surface area contributed by atoms with Crippen molar-refractivity contribution in [1.29, 1.82) is 0 Å².